The van der Waals surface area contributed by atoms with Gasteiger partial charge in [0.25, 0.3) is 0 Å². The number of rotatable bonds is 12. The molecule has 176 valence electrons. The molecule has 0 aliphatic carbocycles. The fourth-order valence-corrected chi connectivity index (χ4v) is 3.61. The Hall–Kier alpha value is -2.33. The van der Waals surface area contributed by atoms with Crippen molar-refractivity contribution in [2.24, 2.45) is 0 Å². The highest BCUT2D eigenvalue weighted by atomic mass is 35.5. The van der Waals surface area contributed by atoms with Crippen molar-refractivity contribution in [1.82, 2.24) is 5.32 Å². The molecule has 0 saturated heterocycles. The van der Waals surface area contributed by atoms with E-state index in [1.54, 1.807) is 31.2 Å². The van der Waals surface area contributed by atoms with Crippen LogP contribution in [-0.2, 0) is 26.1 Å². The van der Waals surface area contributed by atoms with Gasteiger partial charge in [-0.3, -0.25) is 0 Å². The molecular formula is C22H28ClNO7S. The van der Waals surface area contributed by atoms with Crippen molar-refractivity contribution in [3.05, 3.63) is 58.6 Å². The van der Waals surface area contributed by atoms with Gasteiger partial charge >= 0.3 is 16.1 Å². The second kappa shape index (κ2) is 12.1. The van der Waals surface area contributed by atoms with Gasteiger partial charge in [0.2, 0.25) is 0 Å². The Bertz CT molecular complexity index is 996. The lowest BCUT2D eigenvalue weighted by molar-refractivity contribution is -0.145. The van der Waals surface area contributed by atoms with Crippen molar-refractivity contribution in [1.29, 1.82) is 0 Å². The van der Waals surface area contributed by atoms with Crippen LogP contribution in [0.15, 0.2) is 42.5 Å². The maximum Gasteiger partial charge on any atom is 0.344 e. The van der Waals surface area contributed by atoms with Crippen molar-refractivity contribution in [3.63, 3.8) is 0 Å². The highest BCUT2D eigenvalue weighted by Gasteiger charge is 2.16. The first-order valence-electron chi connectivity index (χ1n) is 10.1. The molecule has 2 aromatic rings. The second-order valence-electron chi connectivity index (χ2n) is 7.15. The maximum absolute atomic E-state index is 11.4. The number of hydrogen-bond acceptors (Lipinski definition) is 8. The largest absolute Gasteiger partial charge is 0.480 e. The molecule has 0 bridgehead atoms. The zero-order valence-corrected chi connectivity index (χ0v) is 19.8. The standard InChI is InChI=1S/C22H28ClNO7S/c1-4-29-21(25)14-30-20-10-5-16(13-19(20)23)11-12-24-15(2)22(26)17-6-8-18(9-7-17)31-32(3,27)28/h5-10,13,15,22,24,26H,4,11-12,14H2,1-3H3/t15-,22-/m0/s1. The Morgan fingerprint density at radius 3 is 2.47 bits per heavy atom. The van der Waals surface area contributed by atoms with Gasteiger partial charge in [0.15, 0.2) is 6.61 Å². The minimum atomic E-state index is -3.59. The van der Waals surface area contributed by atoms with Gasteiger partial charge in [-0.15, -0.1) is 0 Å². The number of aliphatic hydroxyl groups excluding tert-OH is 1. The summed E-state index contributed by atoms with van der Waals surface area (Å²) in [5, 5.41) is 14.2. The topological polar surface area (TPSA) is 111 Å². The summed E-state index contributed by atoms with van der Waals surface area (Å²) >= 11 is 6.23. The molecule has 8 nitrogen and oxygen atoms in total. The predicted octanol–water partition coefficient (Wildman–Crippen LogP) is 2.87. The Balaban J connectivity index is 1.83. The summed E-state index contributed by atoms with van der Waals surface area (Å²) in [6.45, 7) is 4.25. The summed E-state index contributed by atoms with van der Waals surface area (Å²) in [5.74, 6) is 0.140. The number of carbonyl (C=O) groups is 1. The molecule has 0 aliphatic rings. The zero-order valence-electron chi connectivity index (χ0n) is 18.2. The van der Waals surface area contributed by atoms with Gasteiger partial charge in [-0.2, -0.15) is 8.42 Å². The smallest absolute Gasteiger partial charge is 0.344 e. The van der Waals surface area contributed by atoms with E-state index in [1.807, 2.05) is 13.0 Å². The molecule has 0 aromatic heterocycles. The third-order valence-electron chi connectivity index (χ3n) is 4.47. The van der Waals surface area contributed by atoms with Crippen molar-refractivity contribution in [3.8, 4) is 11.5 Å². The second-order valence-corrected chi connectivity index (χ2v) is 9.13. The number of hydrogen-bond donors (Lipinski definition) is 2. The Morgan fingerprint density at radius 2 is 1.88 bits per heavy atom. The molecule has 0 spiro atoms. The SMILES string of the molecule is CCOC(=O)COc1ccc(CCN[C@@H](C)[C@H](O)c2ccc(OS(C)(=O)=O)cc2)cc1Cl. The lowest BCUT2D eigenvalue weighted by Crippen LogP contribution is -2.33. The van der Waals surface area contributed by atoms with Gasteiger partial charge in [-0.25, -0.2) is 4.79 Å². The molecular weight excluding hydrogens is 458 g/mol. The van der Waals surface area contributed by atoms with Crippen LogP contribution in [0.5, 0.6) is 11.5 Å². The number of esters is 1. The van der Waals surface area contributed by atoms with Crippen LogP contribution in [0.3, 0.4) is 0 Å². The van der Waals surface area contributed by atoms with E-state index in [4.69, 9.17) is 25.3 Å². The van der Waals surface area contributed by atoms with E-state index in [0.29, 0.717) is 29.3 Å². The number of benzene rings is 2. The zero-order chi connectivity index (χ0) is 23.7. The number of halogens is 1. The number of aliphatic hydroxyl groups is 1. The molecule has 0 amide bonds. The highest BCUT2D eigenvalue weighted by molar-refractivity contribution is 7.86. The lowest BCUT2D eigenvalue weighted by Gasteiger charge is -2.21. The van der Waals surface area contributed by atoms with Gasteiger partial charge in [0.05, 0.1) is 24.0 Å². The van der Waals surface area contributed by atoms with E-state index in [0.717, 1.165) is 11.8 Å². The Morgan fingerprint density at radius 1 is 1.19 bits per heavy atom. The van der Waals surface area contributed by atoms with E-state index in [-0.39, 0.29) is 25.0 Å². The van der Waals surface area contributed by atoms with Crippen molar-refractivity contribution in [2.45, 2.75) is 32.4 Å². The summed E-state index contributed by atoms with van der Waals surface area (Å²) in [6, 6.07) is 11.3. The van der Waals surface area contributed by atoms with Crippen molar-refractivity contribution in [2.75, 3.05) is 26.0 Å². The van der Waals surface area contributed by atoms with Gasteiger partial charge < -0.3 is 24.1 Å². The highest BCUT2D eigenvalue weighted by Crippen LogP contribution is 2.26. The van der Waals surface area contributed by atoms with E-state index >= 15 is 0 Å². The van der Waals surface area contributed by atoms with Crippen LogP contribution in [-0.4, -0.2) is 51.5 Å². The van der Waals surface area contributed by atoms with Gasteiger partial charge in [-0.05, 0) is 62.2 Å². The number of carbonyl (C=O) groups excluding carboxylic acids is 1. The van der Waals surface area contributed by atoms with E-state index in [1.165, 1.54) is 12.1 Å². The van der Waals surface area contributed by atoms with Crippen LogP contribution in [0.4, 0.5) is 0 Å². The van der Waals surface area contributed by atoms with Crippen LogP contribution in [0, 0.1) is 0 Å². The van der Waals surface area contributed by atoms with Crippen molar-refractivity contribution >= 4 is 27.7 Å². The predicted molar refractivity (Wildman–Crippen MR) is 122 cm³/mol. The minimum Gasteiger partial charge on any atom is -0.480 e. The Labute approximate surface area is 193 Å². The minimum absolute atomic E-state index is 0.190. The molecule has 2 atom stereocenters. The van der Waals surface area contributed by atoms with Gasteiger partial charge in [0.1, 0.15) is 11.5 Å². The molecule has 0 heterocycles. The summed E-state index contributed by atoms with van der Waals surface area (Å²) in [4.78, 5) is 11.4. The average Bonchev–Trinajstić information content (AvgIpc) is 2.72. The number of nitrogens with one attached hydrogen (secondary N) is 1. The fourth-order valence-electron chi connectivity index (χ4n) is 2.90. The summed E-state index contributed by atoms with van der Waals surface area (Å²) in [5.41, 5.74) is 1.60. The molecule has 0 fully saturated rings. The molecule has 2 N–H and O–H groups in total. The van der Waals surface area contributed by atoms with Crippen LogP contribution in [0.2, 0.25) is 5.02 Å². The summed E-state index contributed by atoms with van der Waals surface area (Å²) in [7, 11) is -3.59. The van der Waals surface area contributed by atoms with Gasteiger partial charge in [-0.1, -0.05) is 29.8 Å². The van der Waals surface area contributed by atoms with Crippen LogP contribution in [0.25, 0.3) is 0 Å². The summed E-state index contributed by atoms with van der Waals surface area (Å²) in [6.07, 6.45) is 0.847. The molecule has 10 heteroatoms. The third-order valence-corrected chi connectivity index (χ3v) is 5.26. The average molecular weight is 486 g/mol. The normalized spacial score (nSPS) is 13.3. The maximum atomic E-state index is 11.4. The van der Waals surface area contributed by atoms with Crippen LogP contribution >= 0.6 is 11.6 Å². The summed E-state index contributed by atoms with van der Waals surface area (Å²) < 4.78 is 37.3. The lowest BCUT2D eigenvalue weighted by atomic mass is 10.0. The third kappa shape index (κ3) is 8.66. The van der Waals surface area contributed by atoms with Gasteiger partial charge in [0, 0.05) is 6.04 Å². The van der Waals surface area contributed by atoms with E-state index in [2.05, 4.69) is 5.32 Å². The monoisotopic (exact) mass is 485 g/mol. The van der Waals surface area contributed by atoms with Crippen LogP contribution in [0.1, 0.15) is 31.1 Å². The van der Waals surface area contributed by atoms with E-state index in [9.17, 15) is 18.3 Å². The van der Waals surface area contributed by atoms with Crippen LogP contribution < -0.4 is 14.2 Å². The fraction of sp³-hybridized carbons (Fsp3) is 0.409. The molecule has 0 unspecified atom stereocenters. The number of ether oxygens (including phenoxy) is 2. The quantitative estimate of drug-likeness (QED) is 0.348. The molecule has 0 aliphatic heterocycles. The first-order chi connectivity index (χ1) is 15.1. The molecule has 32 heavy (non-hydrogen) atoms. The molecule has 0 radical (unpaired) electrons. The van der Waals surface area contributed by atoms with E-state index < -0.39 is 22.2 Å². The Kier molecular flexibility index (Phi) is 9.77. The van der Waals surface area contributed by atoms with Crippen molar-refractivity contribution < 1.29 is 32.0 Å². The molecule has 0 saturated carbocycles. The first-order valence-corrected chi connectivity index (χ1v) is 12.3. The first kappa shape index (κ1) is 25.9. The molecule has 2 rings (SSSR count). The molecule has 2 aromatic carbocycles.